The molecule has 0 aliphatic carbocycles. The van der Waals surface area contributed by atoms with Gasteiger partial charge in [0.25, 0.3) is 5.91 Å². The van der Waals surface area contributed by atoms with Gasteiger partial charge in [0.2, 0.25) is 0 Å². The monoisotopic (exact) mass is 294 g/mol. The third-order valence-electron chi connectivity index (χ3n) is 3.64. The van der Waals surface area contributed by atoms with Crippen molar-refractivity contribution >= 4 is 5.91 Å². The Hall–Kier alpha value is -1.40. The van der Waals surface area contributed by atoms with E-state index < -0.39 is 0 Å². The molecule has 0 bridgehead atoms. The molecule has 2 heterocycles. The molecule has 0 unspecified atom stereocenters. The molecule has 21 heavy (non-hydrogen) atoms. The first kappa shape index (κ1) is 16.0. The molecule has 1 saturated heterocycles. The van der Waals surface area contributed by atoms with Gasteiger partial charge in [0.05, 0.1) is 19.0 Å². The van der Waals surface area contributed by atoms with Gasteiger partial charge >= 0.3 is 0 Å². The average molecular weight is 294 g/mol. The van der Waals surface area contributed by atoms with Gasteiger partial charge < -0.3 is 15.0 Å². The summed E-state index contributed by atoms with van der Waals surface area (Å²) < 4.78 is 5.77. The predicted molar refractivity (Wildman–Crippen MR) is 81.3 cm³/mol. The highest BCUT2D eigenvalue weighted by atomic mass is 16.5. The molecule has 0 aromatic carbocycles. The van der Waals surface area contributed by atoms with Crippen molar-refractivity contribution in [3.05, 3.63) is 17.7 Å². The zero-order valence-electron chi connectivity index (χ0n) is 13.2. The number of nitrogens with zero attached hydrogens (tertiary/aromatic N) is 2. The Morgan fingerprint density at radius 1 is 1.62 bits per heavy atom. The molecule has 1 aliphatic rings. The fraction of sp³-hybridized carbons (Fsp3) is 0.733. The van der Waals surface area contributed by atoms with E-state index in [1.165, 1.54) is 6.33 Å². The molecule has 1 atom stereocenters. The molecule has 2 rings (SSSR count). The SMILES string of the molecule is Cc1[nH]cnc1C(=O)NCC[C@@H]1CN(CC(C)C)CCO1. The van der Waals surface area contributed by atoms with Crippen molar-refractivity contribution in [1.82, 2.24) is 20.2 Å². The van der Waals surface area contributed by atoms with E-state index in [1.54, 1.807) is 0 Å². The standard InChI is InChI=1S/C15H26N4O2/c1-11(2)8-19-6-7-21-13(9-19)4-5-16-15(20)14-12(3)17-10-18-14/h10-11,13H,4-9H2,1-3H3,(H,16,20)(H,17,18)/t13-/m1/s1. The zero-order valence-corrected chi connectivity index (χ0v) is 13.2. The highest BCUT2D eigenvalue weighted by Gasteiger charge is 2.21. The molecule has 1 fully saturated rings. The minimum absolute atomic E-state index is 0.122. The van der Waals surface area contributed by atoms with Gasteiger partial charge in [0.15, 0.2) is 0 Å². The lowest BCUT2D eigenvalue weighted by Gasteiger charge is -2.33. The lowest BCUT2D eigenvalue weighted by molar-refractivity contribution is -0.0344. The quantitative estimate of drug-likeness (QED) is 0.827. The Bertz CT molecular complexity index is 458. The topological polar surface area (TPSA) is 70.2 Å². The smallest absolute Gasteiger partial charge is 0.271 e. The predicted octanol–water partition coefficient (Wildman–Crippen LogP) is 1.19. The number of aromatic amines is 1. The minimum Gasteiger partial charge on any atom is -0.375 e. The second-order valence-electron chi connectivity index (χ2n) is 6.07. The van der Waals surface area contributed by atoms with Crippen molar-refractivity contribution in [2.45, 2.75) is 33.3 Å². The summed E-state index contributed by atoms with van der Waals surface area (Å²) in [6, 6.07) is 0. The van der Waals surface area contributed by atoms with Crippen molar-refractivity contribution in [3.63, 3.8) is 0 Å². The number of hydrogen-bond donors (Lipinski definition) is 2. The van der Waals surface area contributed by atoms with Crippen LogP contribution in [0.15, 0.2) is 6.33 Å². The second-order valence-corrected chi connectivity index (χ2v) is 6.07. The van der Waals surface area contributed by atoms with Crippen molar-refractivity contribution in [2.24, 2.45) is 5.92 Å². The summed E-state index contributed by atoms with van der Waals surface area (Å²) in [4.78, 5) is 21.3. The van der Waals surface area contributed by atoms with E-state index in [1.807, 2.05) is 6.92 Å². The number of imidazole rings is 1. The lowest BCUT2D eigenvalue weighted by atomic mass is 10.1. The van der Waals surface area contributed by atoms with Crippen LogP contribution in [-0.2, 0) is 4.74 Å². The fourth-order valence-electron chi connectivity index (χ4n) is 2.66. The molecule has 0 radical (unpaired) electrons. The largest absolute Gasteiger partial charge is 0.375 e. The third kappa shape index (κ3) is 4.82. The second kappa shape index (κ2) is 7.56. The van der Waals surface area contributed by atoms with E-state index in [2.05, 4.69) is 34.0 Å². The molecular weight excluding hydrogens is 268 g/mol. The molecule has 118 valence electrons. The number of carbonyl (C=O) groups excluding carboxylic acids is 1. The maximum atomic E-state index is 11.9. The number of amides is 1. The number of rotatable bonds is 6. The summed E-state index contributed by atoms with van der Waals surface area (Å²) >= 11 is 0. The first-order valence-corrected chi connectivity index (χ1v) is 7.68. The summed E-state index contributed by atoms with van der Waals surface area (Å²) in [6.07, 6.45) is 2.58. The summed E-state index contributed by atoms with van der Waals surface area (Å²) in [7, 11) is 0. The van der Waals surface area contributed by atoms with E-state index >= 15 is 0 Å². The summed E-state index contributed by atoms with van der Waals surface area (Å²) in [5.41, 5.74) is 1.27. The number of aromatic nitrogens is 2. The van der Waals surface area contributed by atoms with Crippen LogP contribution in [0.1, 0.15) is 36.5 Å². The Balaban J connectivity index is 1.71. The van der Waals surface area contributed by atoms with Crippen LogP contribution in [0.2, 0.25) is 0 Å². The zero-order chi connectivity index (χ0) is 15.2. The number of nitrogens with one attached hydrogen (secondary N) is 2. The molecule has 0 saturated carbocycles. The molecular formula is C15H26N4O2. The number of morpholine rings is 1. The van der Waals surface area contributed by atoms with Gasteiger partial charge in [-0.25, -0.2) is 4.98 Å². The lowest BCUT2D eigenvalue weighted by Crippen LogP contribution is -2.45. The van der Waals surface area contributed by atoms with E-state index in [0.717, 1.165) is 38.4 Å². The van der Waals surface area contributed by atoms with Gasteiger partial charge in [-0.3, -0.25) is 9.69 Å². The van der Waals surface area contributed by atoms with Gasteiger partial charge in [0, 0.05) is 31.9 Å². The van der Waals surface area contributed by atoms with Crippen LogP contribution in [0.5, 0.6) is 0 Å². The Morgan fingerprint density at radius 2 is 2.43 bits per heavy atom. The number of hydrogen-bond acceptors (Lipinski definition) is 4. The first-order valence-electron chi connectivity index (χ1n) is 7.68. The number of H-pyrrole nitrogens is 1. The molecule has 1 aliphatic heterocycles. The van der Waals surface area contributed by atoms with Crippen LogP contribution in [-0.4, -0.2) is 59.7 Å². The van der Waals surface area contributed by atoms with E-state index in [0.29, 0.717) is 18.2 Å². The molecule has 1 aromatic heterocycles. The maximum Gasteiger partial charge on any atom is 0.271 e. The van der Waals surface area contributed by atoms with Gasteiger partial charge in [0.1, 0.15) is 5.69 Å². The number of ether oxygens (including phenoxy) is 1. The highest BCUT2D eigenvalue weighted by molar-refractivity contribution is 5.93. The van der Waals surface area contributed by atoms with Crippen molar-refractivity contribution in [2.75, 3.05) is 32.8 Å². The van der Waals surface area contributed by atoms with Crippen LogP contribution in [0.25, 0.3) is 0 Å². The van der Waals surface area contributed by atoms with E-state index in [4.69, 9.17) is 4.74 Å². The molecule has 6 nitrogen and oxygen atoms in total. The molecule has 1 aromatic rings. The summed E-state index contributed by atoms with van der Waals surface area (Å²) in [6.45, 7) is 10.8. The van der Waals surface area contributed by atoms with Crippen LogP contribution in [0.4, 0.5) is 0 Å². The third-order valence-corrected chi connectivity index (χ3v) is 3.64. The molecule has 1 amide bonds. The average Bonchev–Trinajstić information content (AvgIpc) is 2.84. The number of carbonyl (C=O) groups is 1. The van der Waals surface area contributed by atoms with Gasteiger partial charge in [-0.15, -0.1) is 0 Å². The normalized spacial score (nSPS) is 19.9. The van der Waals surface area contributed by atoms with E-state index in [-0.39, 0.29) is 12.0 Å². The van der Waals surface area contributed by atoms with Gasteiger partial charge in [-0.1, -0.05) is 13.8 Å². The summed E-state index contributed by atoms with van der Waals surface area (Å²) in [5.74, 6) is 0.551. The fourth-order valence-corrected chi connectivity index (χ4v) is 2.66. The maximum absolute atomic E-state index is 11.9. The highest BCUT2D eigenvalue weighted by Crippen LogP contribution is 2.10. The molecule has 0 spiro atoms. The van der Waals surface area contributed by atoms with Crippen LogP contribution < -0.4 is 5.32 Å². The van der Waals surface area contributed by atoms with Crippen molar-refractivity contribution in [1.29, 1.82) is 0 Å². The van der Waals surface area contributed by atoms with Gasteiger partial charge in [-0.05, 0) is 19.3 Å². The molecule has 2 N–H and O–H groups in total. The summed E-state index contributed by atoms with van der Waals surface area (Å²) in [5, 5.41) is 2.91. The van der Waals surface area contributed by atoms with Crippen molar-refractivity contribution < 1.29 is 9.53 Å². The Morgan fingerprint density at radius 3 is 3.10 bits per heavy atom. The Labute approximate surface area is 126 Å². The number of aryl methyl sites for hydroxylation is 1. The van der Waals surface area contributed by atoms with Crippen LogP contribution in [0, 0.1) is 12.8 Å². The Kier molecular flexibility index (Phi) is 5.76. The van der Waals surface area contributed by atoms with Crippen molar-refractivity contribution in [3.8, 4) is 0 Å². The molecule has 6 heteroatoms. The van der Waals surface area contributed by atoms with Gasteiger partial charge in [-0.2, -0.15) is 0 Å². The minimum atomic E-state index is -0.122. The van der Waals surface area contributed by atoms with E-state index in [9.17, 15) is 4.79 Å². The van der Waals surface area contributed by atoms with Crippen LogP contribution in [0.3, 0.4) is 0 Å². The first-order chi connectivity index (χ1) is 10.1. The van der Waals surface area contributed by atoms with Crippen LogP contribution >= 0.6 is 0 Å².